The van der Waals surface area contributed by atoms with Crippen LogP contribution in [-0.2, 0) is 9.53 Å². The van der Waals surface area contributed by atoms with E-state index in [0.717, 1.165) is 26.1 Å². The summed E-state index contributed by atoms with van der Waals surface area (Å²) in [5, 5.41) is 0. The smallest absolute Gasteiger partial charge is 0.319 e. The minimum Gasteiger partial charge on any atom is -0.468 e. The van der Waals surface area contributed by atoms with Crippen LogP contribution in [0.1, 0.15) is 13.3 Å². The van der Waals surface area contributed by atoms with Crippen molar-refractivity contribution in [2.24, 2.45) is 0 Å². The Morgan fingerprint density at radius 1 is 1.14 bits per heavy atom. The second-order valence-corrected chi connectivity index (χ2v) is 3.62. The Kier molecular flexibility index (Phi) is 7.42. The van der Waals surface area contributed by atoms with Gasteiger partial charge in [-0.05, 0) is 27.1 Å². The van der Waals surface area contributed by atoms with Gasteiger partial charge in [-0.15, -0.1) is 0 Å². The van der Waals surface area contributed by atoms with E-state index in [9.17, 15) is 4.79 Å². The van der Waals surface area contributed by atoms with E-state index in [1.54, 1.807) is 0 Å². The minimum absolute atomic E-state index is 0.175. The van der Waals surface area contributed by atoms with Gasteiger partial charge in [0.25, 0.3) is 0 Å². The molecule has 0 rings (SSSR count). The number of hydrogen-bond donors (Lipinski definition) is 0. The molecule has 0 amide bonds. The second kappa shape index (κ2) is 7.76. The number of methoxy groups -OCH3 is 1. The van der Waals surface area contributed by atoms with Crippen molar-refractivity contribution in [1.29, 1.82) is 0 Å². The molecule has 0 saturated heterocycles. The number of likely N-dealkylation sites (N-methyl/N-ethyl adjacent to an activating group) is 2. The maximum atomic E-state index is 10.9. The minimum atomic E-state index is -0.175. The van der Waals surface area contributed by atoms with Crippen molar-refractivity contribution in [3.8, 4) is 0 Å². The number of nitrogens with zero attached hydrogens (tertiary/aromatic N) is 2. The van der Waals surface area contributed by atoms with Crippen LogP contribution in [-0.4, -0.2) is 63.2 Å². The maximum Gasteiger partial charge on any atom is 0.319 e. The first-order chi connectivity index (χ1) is 6.60. The van der Waals surface area contributed by atoms with Crippen LogP contribution in [0.4, 0.5) is 0 Å². The Morgan fingerprint density at radius 2 is 1.71 bits per heavy atom. The molecule has 0 saturated carbocycles. The van der Waals surface area contributed by atoms with E-state index < -0.39 is 0 Å². The quantitative estimate of drug-likeness (QED) is 0.561. The van der Waals surface area contributed by atoms with Crippen molar-refractivity contribution in [3.05, 3.63) is 0 Å². The molecule has 0 aromatic carbocycles. The Balaban J connectivity index is 3.52. The highest BCUT2D eigenvalue weighted by Crippen LogP contribution is 1.89. The van der Waals surface area contributed by atoms with Crippen LogP contribution in [0.25, 0.3) is 0 Å². The molecule has 4 nitrogen and oxygen atoms in total. The molecule has 0 bridgehead atoms. The van der Waals surface area contributed by atoms with Crippen molar-refractivity contribution < 1.29 is 9.53 Å². The molecule has 0 radical (unpaired) electrons. The predicted molar refractivity (Wildman–Crippen MR) is 57.3 cm³/mol. The summed E-state index contributed by atoms with van der Waals surface area (Å²) < 4.78 is 4.58. The lowest BCUT2D eigenvalue weighted by atomic mass is 10.4. The standard InChI is InChI=1S/C10H22N2O2/c1-5-6-11(2)7-8-12(3)9-10(13)14-4/h5-9H2,1-4H3. The fourth-order valence-electron chi connectivity index (χ4n) is 1.20. The molecular weight excluding hydrogens is 180 g/mol. The highest BCUT2D eigenvalue weighted by atomic mass is 16.5. The van der Waals surface area contributed by atoms with Crippen LogP contribution in [0.15, 0.2) is 0 Å². The van der Waals surface area contributed by atoms with E-state index in [1.165, 1.54) is 7.11 Å². The molecule has 84 valence electrons. The van der Waals surface area contributed by atoms with Crippen LogP contribution >= 0.6 is 0 Å². The fourth-order valence-corrected chi connectivity index (χ4v) is 1.20. The van der Waals surface area contributed by atoms with Gasteiger partial charge in [0.15, 0.2) is 0 Å². The third-order valence-electron chi connectivity index (χ3n) is 2.10. The zero-order valence-electron chi connectivity index (χ0n) is 9.75. The Bertz CT molecular complexity index is 162. The van der Waals surface area contributed by atoms with Gasteiger partial charge in [-0.1, -0.05) is 6.92 Å². The van der Waals surface area contributed by atoms with Gasteiger partial charge in [0.05, 0.1) is 13.7 Å². The van der Waals surface area contributed by atoms with Crippen LogP contribution in [0.5, 0.6) is 0 Å². The van der Waals surface area contributed by atoms with E-state index in [1.807, 2.05) is 11.9 Å². The normalized spacial score (nSPS) is 11.0. The third kappa shape index (κ3) is 6.86. The highest BCUT2D eigenvalue weighted by molar-refractivity contribution is 5.71. The molecule has 0 atom stereocenters. The SMILES string of the molecule is CCCN(C)CCN(C)CC(=O)OC. The lowest BCUT2D eigenvalue weighted by molar-refractivity contribution is -0.141. The summed E-state index contributed by atoms with van der Waals surface area (Å²) in [6, 6.07) is 0. The summed E-state index contributed by atoms with van der Waals surface area (Å²) >= 11 is 0. The van der Waals surface area contributed by atoms with Crippen LogP contribution < -0.4 is 0 Å². The lowest BCUT2D eigenvalue weighted by Gasteiger charge is -2.20. The largest absolute Gasteiger partial charge is 0.468 e. The molecule has 0 heterocycles. The van der Waals surface area contributed by atoms with Crippen molar-refractivity contribution in [2.75, 3.05) is 47.4 Å². The van der Waals surface area contributed by atoms with Crippen molar-refractivity contribution in [2.45, 2.75) is 13.3 Å². The molecule has 0 aromatic rings. The molecule has 0 N–H and O–H groups in total. The summed E-state index contributed by atoms with van der Waals surface area (Å²) in [4.78, 5) is 15.1. The highest BCUT2D eigenvalue weighted by Gasteiger charge is 2.06. The molecule has 0 fully saturated rings. The van der Waals surface area contributed by atoms with Gasteiger partial charge in [-0.3, -0.25) is 9.69 Å². The van der Waals surface area contributed by atoms with Crippen molar-refractivity contribution in [1.82, 2.24) is 9.80 Å². The number of esters is 1. The van der Waals surface area contributed by atoms with E-state index >= 15 is 0 Å². The molecule has 4 heteroatoms. The topological polar surface area (TPSA) is 32.8 Å². The zero-order valence-corrected chi connectivity index (χ0v) is 9.75. The summed E-state index contributed by atoms with van der Waals surface area (Å²) in [6.07, 6.45) is 1.16. The second-order valence-electron chi connectivity index (χ2n) is 3.62. The van der Waals surface area contributed by atoms with Crippen LogP contribution in [0.3, 0.4) is 0 Å². The molecule has 0 aliphatic heterocycles. The predicted octanol–water partition coefficient (Wildman–Crippen LogP) is 0.433. The average molecular weight is 202 g/mol. The first kappa shape index (κ1) is 13.4. The van der Waals surface area contributed by atoms with Gasteiger partial charge in [-0.2, -0.15) is 0 Å². The number of rotatable bonds is 7. The lowest BCUT2D eigenvalue weighted by Crippen LogP contribution is -2.34. The van der Waals surface area contributed by atoms with E-state index in [4.69, 9.17) is 0 Å². The van der Waals surface area contributed by atoms with E-state index in [2.05, 4.69) is 23.6 Å². The summed E-state index contributed by atoms with van der Waals surface area (Å²) in [7, 11) is 5.44. The average Bonchev–Trinajstić information content (AvgIpc) is 2.15. The summed E-state index contributed by atoms with van der Waals surface area (Å²) in [6.45, 7) is 5.52. The molecular formula is C10H22N2O2. The fraction of sp³-hybridized carbons (Fsp3) is 0.900. The number of carbonyl (C=O) groups is 1. The van der Waals surface area contributed by atoms with Gasteiger partial charge in [0, 0.05) is 13.1 Å². The molecule has 0 aromatic heterocycles. The Labute approximate surface area is 86.8 Å². The zero-order chi connectivity index (χ0) is 11.0. The number of ether oxygens (including phenoxy) is 1. The van der Waals surface area contributed by atoms with E-state index in [-0.39, 0.29) is 5.97 Å². The van der Waals surface area contributed by atoms with Gasteiger partial charge < -0.3 is 9.64 Å². The molecule has 0 unspecified atom stereocenters. The third-order valence-corrected chi connectivity index (χ3v) is 2.10. The number of hydrogen-bond acceptors (Lipinski definition) is 4. The van der Waals surface area contributed by atoms with Gasteiger partial charge in [0.1, 0.15) is 0 Å². The maximum absolute atomic E-state index is 10.9. The van der Waals surface area contributed by atoms with Gasteiger partial charge in [-0.25, -0.2) is 0 Å². The first-order valence-electron chi connectivity index (χ1n) is 5.04. The van der Waals surface area contributed by atoms with Crippen molar-refractivity contribution in [3.63, 3.8) is 0 Å². The summed E-state index contributed by atoms with van der Waals surface area (Å²) in [5.41, 5.74) is 0. The van der Waals surface area contributed by atoms with Gasteiger partial charge >= 0.3 is 5.97 Å². The van der Waals surface area contributed by atoms with Crippen molar-refractivity contribution >= 4 is 5.97 Å². The van der Waals surface area contributed by atoms with E-state index in [0.29, 0.717) is 6.54 Å². The van der Waals surface area contributed by atoms with Crippen LogP contribution in [0.2, 0.25) is 0 Å². The van der Waals surface area contributed by atoms with Crippen LogP contribution in [0, 0.1) is 0 Å². The molecule has 0 aliphatic rings. The molecule has 0 aliphatic carbocycles. The molecule has 14 heavy (non-hydrogen) atoms. The van der Waals surface area contributed by atoms with Gasteiger partial charge in [0.2, 0.25) is 0 Å². The molecule has 0 spiro atoms. The summed E-state index contributed by atoms with van der Waals surface area (Å²) in [5.74, 6) is -0.175. The Morgan fingerprint density at radius 3 is 2.21 bits per heavy atom. The number of carbonyl (C=O) groups excluding carboxylic acids is 1. The Hall–Kier alpha value is -0.610. The first-order valence-corrected chi connectivity index (χ1v) is 5.04. The monoisotopic (exact) mass is 202 g/mol.